The molecule has 1 N–H and O–H groups in total. The lowest BCUT2D eigenvalue weighted by molar-refractivity contribution is -0.122. The maximum Gasteiger partial charge on any atom is 0.234 e. The fourth-order valence-electron chi connectivity index (χ4n) is 3.20. The van der Waals surface area contributed by atoms with Gasteiger partial charge in [-0.05, 0) is 45.3 Å². The molecular formula is C15H27N3O. The number of nitrogens with zero attached hydrogens (tertiary/aromatic N) is 2. The van der Waals surface area contributed by atoms with Crippen molar-refractivity contribution in [1.29, 1.82) is 0 Å². The molecule has 2 saturated heterocycles. The van der Waals surface area contributed by atoms with Crippen LogP contribution < -0.4 is 5.32 Å². The number of amides is 1. The molecule has 0 aromatic rings. The summed E-state index contributed by atoms with van der Waals surface area (Å²) in [4.78, 5) is 16.7. The standard InChI is InChI=1S/C15H27N3O/c1-2-8-16-15(19)13-17-9-6-7-14(12-17)18-10-4-3-5-11-18/h2,14H,1,3-13H2,(H,16,19). The highest BCUT2D eigenvalue weighted by Crippen LogP contribution is 2.19. The highest BCUT2D eigenvalue weighted by Gasteiger charge is 2.26. The van der Waals surface area contributed by atoms with Gasteiger partial charge >= 0.3 is 0 Å². The molecule has 1 unspecified atom stereocenters. The maximum atomic E-state index is 11.7. The smallest absolute Gasteiger partial charge is 0.234 e. The average Bonchev–Trinajstić information content (AvgIpc) is 2.46. The Morgan fingerprint density at radius 3 is 2.74 bits per heavy atom. The number of likely N-dealkylation sites (tertiary alicyclic amines) is 2. The lowest BCUT2D eigenvalue weighted by Gasteiger charge is -2.40. The van der Waals surface area contributed by atoms with E-state index in [0.29, 0.717) is 19.1 Å². The van der Waals surface area contributed by atoms with Gasteiger partial charge < -0.3 is 5.32 Å². The Hall–Kier alpha value is -0.870. The van der Waals surface area contributed by atoms with E-state index in [1.54, 1.807) is 6.08 Å². The Balaban J connectivity index is 1.76. The fraction of sp³-hybridized carbons (Fsp3) is 0.800. The minimum Gasteiger partial charge on any atom is -0.352 e. The van der Waals surface area contributed by atoms with Crippen LogP contribution in [-0.4, -0.2) is 61.0 Å². The SMILES string of the molecule is C=CCNC(=O)CN1CCCC(N2CCCCC2)C1. The first-order valence-corrected chi connectivity index (χ1v) is 7.63. The van der Waals surface area contributed by atoms with Crippen molar-refractivity contribution in [3.05, 3.63) is 12.7 Å². The van der Waals surface area contributed by atoms with Crippen LogP contribution in [0.25, 0.3) is 0 Å². The third-order valence-electron chi connectivity index (χ3n) is 4.20. The Morgan fingerprint density at radius 2 is 2.00 bits per heavy atom. The summed E-state index contributed by atoms with van der Waals surface area (Å²) in [5.41, 5.74) is 0. The highest BCUT2D eigenvalue weighted by molar-refractivity contribution is 5.78. The molecule has 0 spiro atoms. The fourth-order valence-corrected chi connectivity index (χ4v) is 3.20. The first-order valence-electron chi connectivity index (χ1n) is 7.63. The largest absolute Gasteiger partial charge is 0.352 e. The number of rotatable bonds is 5. The Morgan fingerprint density at radius 1 is 1.21 bits per heavy atom. The topological polar surface area (TPSA) is 35.6 Å². The van der Waals surface area contributed by atoms with Crippen LogP contribution in [0.5, 0.6) is 0 Å². The minimum atomic E-state index is 0.124. The Kier molecular flexibility index (Phi) is 5.86. The monoisotopic (exact) mass is 265 g/mol. The van der Waals surface area contributed by atoms with Crippen LogP contribution in [-0.2, 0) is 4.79 Å². The maximum absolute atomic E-state index is 11.7. The summed E-state index contributed by atoms with van der Waals surface area (Å²) in [6.07, 6.45) is 8.31. The zero-order valence-corrected chi connectivity index (χ0v) is 11.9. The molecule has 2 aliphatic rings. The van der Waals surface area contributed by atoms with Crippen molar-refractivity contribution in [3.8, 4) is 0 Å². The zero-order valence-electron chi connectivity index (χ0n) is 11.9. The van der Waals surface area contributed by atoms with Crippen LogP contribution >= 0.6 is 0 Å². The van der Waals surface area contributed by atoms with E-state index in [1.807, 2.05) is 0 Å². The molecule has 2 fully saturated rings. The van der Waals surface area contributed by atoms with Gasteiger partial charge in [-0.15, -0.1) is 6.58 Å². The van der Waals surface area contributed by atoms with E-state index >= 15 is 0 Å². The molecule has 2 aliphatic heterocycles. The second kappa shape index (κ2) is 7.65. The molecule has 1 amide bonds. The highest BCUT2D eigenvalue weighted by atomic mass is 16.2. The molecule has 4 heteroatoms. The number of nitrogens with one attached hydrogen (secondary N) is 1. The first-order chi connectivity index (χ1) is 9.29. The molecule has 2 heterocycles. The summed E-state index contributed by atoms with van der Waals surface area (Å²) in [6, 6.07) is 0.668. The number of carbonyl (C=O) groups is 1. The van der Waals surface area contributed by atoms with E-state index in [-0.39, 0.29) is 5.91 Å². The summed E-state index contributed by atoms with van der Waals surface area (Å²) in [5.74, 6) is 0.124. The van der Waals surface area contributed by atoms with Gasteiger partial charge in [-0.25, -0.2) is 0 Å². The molecule has 0 aromatic carbocycles. The predicted octanol–water partition coefficient (Wildman–Crippen LogP) is 1.24. The average molecular weight is 265 g/mol. The molecule has 0 bridgehead atoms. The molecule has 0 saturated carbocycles. The molecular weight excluding hydrogens is 238 g/mol. The van der Waals surface area contributed by atoms with Crippen molar-refractivity contribution in [3.63, 3.8) is 0 Å². The zero-order chi connectivity index (χ0) is 13.5. The molecule has 0 aromatic heterocycles. The normalized spacial score (nSPS) is 26.0. The summed E-state index contributed by atoms with van der Waals surface area (Å²) in [7, 11) is 0. The van der Waals surface area contributed by atoms with Crippen LogP contribution in [0.15, 0.2) is 12.7 Å². The molecule has 0 aliphatic carbocycles. The van der Waals surface area contributed by atoms with Gasteiger partial charge in [-0.3, -0.25) is 14.6 Å². The van der Waals surface area contributed by atoms with Crippen molar-refractivity contribution in [2.24, 2.45) is 0 Å². The van der Waals surface area contributed by atoms with Gasteiger partial charge in [-0.2, -0.15) is 0 Å². The van der Waals surface area contributed by atoms with E-state index < -0.39 is 0 Å². The van der Waals surface area contributed by atoms with Crippen molar-refractivity contribution in [1.82, 2.24) is 15.1 Å². The predicted molar refractivity (Wildman–Crippen MR) is 78.1 cm³/mol. The van der Waals surface area contributed by atoms with Gasteiger partial charge in [0.05, 0.1) is 6.54 Å². The van der Waals surface area contributed by atoms with Gasteiger partial charge in [0.2, 0.25) is 5.91 Å². The number of piperidine rings is 2. The molecule has 0 radical (unpaired) electrons. The molecule has 2 rings (SSSR count). The second-order valence-corrected chi connectivity index (χ2v) is 5.72. The number of hydrogen-bond acceptors (Lipinski definition) is 3. The molecule has 4 nitrogen and oxygen atoms in total. The van der Waals surface area contributed by atoms with Gasteiger partial charge in [0, 0.05) is 19.1 Å². The van der Waals surface area contributed by atoms with Crippen molar-refractivity contribution in [2.45, 2.75) is 38.1 Å². The van der Waals surface area contributed by atoms with E-state index in [4.69, 9.17) is 0 Å². The van der Waals surface area contributed by atoms with Crippen molar-refractivity contribution >= 4 is 5.91 Å². The summed E-state index contributed by atoms with van der Waals surface area (Å²) >= 11 is 0. The molecule has 1 atom stereocenters. The Bertz CT molecular complexity index is 300. The third kappa shape index (κ3) is 4.62. The third-order valence-corrected chi connectivity index (χ3v) is 4.20. The van der Waals surface area contributed by atoms with Crippen molar-refractivity contribution in [2.75, 3.05) is 39.3 Å². The van der Waals surface area contributed by atoms with Crippen LogP contribution in [0.1, 0.15) is 32.1 Å². The quantitative estimate of drug-likeness (QED) is 0.760. The first kappa shape index (κ1) is 14.5. The molecule has 19 heavy (non-hydrogen) atoms. The van der Waals surface area contributed by atoms with Crippen molar-refractivity contribution < 1.29 is 4.79 Å². The van der Waals surface area contributed by atoms with Crippen LogP contribution in [0.2, 0.25) is 0 Å². The van der Waals surface area contributed by atoms with Crippen LogP contribution in [0.4, 0.5) is 0 Å². The van der Waals surface area contributed by atoms with E-state index in [9.17, 15) is 4.79 Å². The second-order valence-electron chi connectivity index (χ2n) is 5.72. The van der Waals surface area contributed by atoms with Gasteiger partial charge in [0.1, 0.15) is 0 Å². The summed E-state index contributed by atoms with van der Waals surface area (Å²) in [6.45, 7) is 9.35. The summed E-state index contributed by atoms with van der Waals surface area (Å²) in [5, 5.41) is 2.86. The molecule has 108 valence electrons. The van der Waals surface area contributed by atoms with E-state index in [1.165, 1.54) is 45.2 Å². The summed E-state index contributed by atoms with van der Waals surface area (Å²) < 4.78 is 0. The minimum absolute atomic E-state index is 0.124. The van der Waals surface area contributed by atoms with E-state index in [0.717, 1.165) is 13.1 Å². The number of carbonyl (C=O) groups excluding carboxylic acids is 1. The van der Waals surface area contributed by atoms with E-state index in [2.05, 4.69) is 21.7 Å². The lowest BCUT2D eigenvalue weighted by Crippen LogP contribution is -2.51. The Labute approximate surface area is 116 Å². The van der Waals surface area contributed by atoms with Gasteiger partial charge in [-0.1, -0.05) is 12.5 Å². The van der Waals surface area contributed by atoms with Gasteiger partial charge in [0.15, 0.2) is 0 Å². The van der Waals surface area contributed by atoms with Crippen LogP contribution in [0.3, 0.4) is 0 Å². The lowest BCUT2D eigenvalue weighted by atomic mass is 10.0. The van der Waals surface area contributed by atoms with Gasteiger partial charge in [0.25, 0.3) is 0 Å². The number of hydrogen-bond donors (Lipinski definition) is 1. The van der Waals surface area contributed by atoms with Crippen LogP contribution in [0, 0.1) is 0 Å².